The number of hydrogen-bond donors (Lipinski definition) is 2. The number of alkyl halides is 1. The lowest BCUT2D eigenvalue weighted by atomic mass is 9.79. The van der Waals surface area contributed by atoms with Crippen LogP contribution < -0.4 is 0 Å². The molecule has 0 saturated carbocycles. The summed E-state index contributed by atoms with van der Waals surface area (Å²) in [6, 6.07) is -0.682. The summed E-state index contributed by atoms with van der Waals surface area (Å²) >= 11 is 6.09. The second kappa shape index (κ2) is 6.70. The molecule has 0 aromatic heterocycles. The number of esters is 2. The van der Waals surface area contributed by atoms with Crippen LogP contribution in [-0.2, 0) is 19.1 Å². The quantitative estimate of drug-likeness (QED) is 0.217. The first-order valence-electron chi connectivity index (χ1n) is 9.15. The minimum Gasteiger partial charge on any atom is -0.632 e. The summed E-state index contributed by atoms with van der Waals surface area (Å²) in [4.78, 5) is 25.3. The van der Waals surface area contributed by atoms with Gasteiger partial charge in [-0.05, 0) is 32.3 Å². The highest BCUT2D eigenvalue weighted by molar-refractivity contribution is 6.22. The maximum atomic E-state index is 13.0. The van der Waals surface area contributed by atoms with Gasteiger partial charge in [-0.15, -0.1) is 11.6 Å². The van der Waals surface area contributed by atoms with E-state index in [4.69, 9.17) is 21.1 Å². The Kier molecular flexibility index (Phi) is 5.10. The van der Waals surface area contributed by atoms with Gasteiger partial charge < -0.3 is 29.5 Å². The summed E-state index contributed by atoms with van der Waals surface area (Å²) in [7, 11) is 0. The fourth-order valence-electron chi connectivity index (χ4n) is 4.16. The minimum absolute atomic E-state index is 0.140. The zero-order valence-electron chi connectivity index (χ0n) is 15.7. The molecule has 2 N–H and O–H groups in total. The monoisotopic (exact) mass is 403 g/mol. The molecule has 2 saturated heterocycles. The van der Waals surface area contributed by atoms with Gasteiger partial charge in [0.2, 0.25) is 0 Å². The van der Waals surface area contributed by atoms with E-state index >= 15 is 0 Å². The van der Waals surface area contributed by atoms with Gasteiger partial charge in [0.1, 0.15) is 6.61 Å². The topological polar surface area (TPSA) is 116 Å². The largest absolute Gasteiger partial charge is 0.632 e. The zero-order valence-corrected chi connectivity index (χ0v) is 16.4. The SMILES string of the molecule is C[C@@H]1C[C@](O)([C@@H](C)Cl)C(=O)O[C@@H]2CC[N+]3([O-])CC=C(COC(=O)[C@]1(C)O)[C@H]23. The third-order valence-corrected chi connectivity index (χ3v) is 6.68. The van der Waals surface area contributed by atoms with Gasteiger partial charge in [-0.2, -0.15) is 0 Å². The molecular weight excluding hydrogens is 378 g/mol. The molecule has 0 amide bonds. The predicted octanol–water partition coefficient (Wildman–Crippen LogP) is 0.617. The molecule has 9 heteroatoms. The van der Waals surface area contributed by atoms with Crippen LogP contribution in [0, 0.1) is 11.1 Å². The first-order chi connectivity index (χ1) is 12.4. The minimum atomic E-state index is -2.12. The second-order valence-corrected chi connectivity index (χ2v) is 8.84. The normalized spacial score (nSPS) is 46.5. The molecule has 3 aliphatic rings. The van der Waals surface area contributed by atoms with Crippen LogP contribution in [0.5, 0.6) is 0 Å². The molecule has 152 valence electrons. The van der Waals surface area contributed by atoms with E-state index in [2.05, 4.69) is 0 Å². The van der Waals surface area contributed by atoms with Crippen molar-refractivity contribution in [3.63, 3.8) is 0 Å². The molecule has 3 rings (SSSR count). The summed E-state index contributed by atoms with van der Waals surface area (Å²) in [5.74, 6) is -2.65. The summed E-state index contributed by atoms with van der Waals surface area (Å²) < 4.78 is 10.3. The number of halogens is 1. The van der Waals surface area contributed by atoms with Crippen LogP contribution in [-0.4, -0.2) is 75.2 Å². The van der Waals surface area contributed by atoms with Gasteiger partial charge in [-0.3, -0.25) is 0 Å². The summed E-state index contributed by atoms with van der Waals surface area (Å²) in [6.45, 7) is 4.56. The average Bonchev–Trinajstić information content (AvgIpc) is 3.07. The smallest absolute Gasteiger partial charge is 0.340 e. The molecule has 1 unspecified atom stereocenters. The number of aliphatic hydroxyl groups is 2. The predicted molar refractivity (Wildman–Crippen MR) is 95.4 cm³/mol. The van der Waals surface area contributed by atoms with E-state index in [1.54, 1.807) is 6.08 Å². The van der Waals surface area contributed by atoms with Gasteiger partial charge in [0.25, 0.3) is 0 Å². The molecule has 27 heavy (non-hydrogen) atoms. The molecule has 0 radical (unpaired) electrons. The summed E-state index contributed by atoms with van der Waals surface area (Å²) in [5, 5.41) is 33.5. The van der Waals surface area contributed by atoms with E-state index in [9.17, 15) is 25.0 Å². The standard InChI is InChI=1S/C18H26ClNO7/c1-10-8-18(24,11(2)19)16(22)27-13-5-7-20(25)6-4-12(14(13)20)9-26-15(21)17(10,3)23/h4,10-11,13-14,23-24H,5-9H2,1-3H3/t10-,11-,13-,14-,17-,18+,20?/m1/s1. The van der Waals surface area contributed by atoms with Gasteiger partial charge in [0.15, 0.2) is 23.3 Å². The Balaban J connectivity index is 2.00. The summed E-state index contributed by atoms with van der Waals surface area (Å²) in [6.07, 6.45) is 1.03. The van der Waals surface area contributed by atoms with Gasteiger partial charge in [-0.1, -0.05) is 6.92 Å². The van der Waals surface area contributed by atoms with Crippen LogP contribution in [0.3, 0.4) is 0 Å². The molecule has 2 fully saturated rings. The lowest BCUT2D eigenvalue weighted by Gasteiger charge is -2.42. The lowest BCUT2D eigenvalue weighted by Crippen LogP contribution is -2.55. The Morgan fingerprint density at radius 1 is 1.37 bits per heavy atom. The number of carbonyl (C=O) groups excluding carboxylic acids is 2. The lowest BCUT2D eigenvalue weighted by molar-refractivity contribution is -0.877. The molecule has 0 aromatic rings. The van der Waals surface area contributed by atoms with Crippen LogP contribution in [0.15, 0.2) is 11.6 Å². The maximum absolute atomic E-state index is 13.0. The van der Waals surface area contributed by atoms with Crippen molar-refractivity contribution in [3.05, 3.63) is 16.9 Å². The number of nitrogens with zero attached hydrogens (tertiary/aromatic N) is 1. The number of ether oxygens (including phenoxy) is 2. The Morgan fingerprint density at radius 2 is 2.04 bits per heavy atom. The van der Waals surface area contributed by atoms with Crippen molar-refractivity contribution >= 4 is 23.5 Å². The van der Waals surface area contributed by atoms with E-state index in [1.165, 1.54) is 20.8 Å². The maximum Gasteiger partial charge on any atom is 0.340 e. The highest BCUT2D eigenvalue weighted by atomic mass is 35.5. The Bertz CT molecular complexity index is 679. The molecule has 3 aliphatic heterocycles. The van der Waals surface area contributed by atoms with Crippen LogP contribution in [0.25, 0.3) is 0 Å². The third-order valence-electron chi connectivity index (χ3n) is 6.32. The van der Waals surface area contributed by atoms with E-state index < -0.39 is 51.2 Å². The molecule has 0 aliphatic carbocycles. The number of hydroxylamine groups is 3. The molecule has 0 aromatic carbocycles. The Labute approximate surface area is 162 Å². The molecule has 8 nitrogen and oxygen atoms in total. The van der Waals surface area contributed by atoms with Crippen molar-refractivity contribution in [2.24, 2.45) is 5.92 Å². The van der Waals surface area contributed by atoms with Gasteiger partial charge in [0, 0.05) is 12.0 Å². The van der Waals surface area contributed by atoms with Crippen LogP contribution in [0.2, 0.25) is 0 Å². The number of cyclic esters (lactones) is 1. The van der Waals surface area contributed by atoms with Gasteiger partial charge in [-0.25, -0.2) is 9.59 Å². The first kappa shape index (κ1) is 20.5. The molecule has 0 bridgehead atoms. The van der Waals surface area contributed by atoms with E-state index in [-0.39, 0.29) is 26.1 Å². The number of quaternary nitrogens is 1. The molecule has 3 heterocycles. The van der Waals surface area contributed by atoms with Crippen molar-refractivity contribution in [3.8, 4) is 0 Å². The van der Waals surface area contributed by atoms with Crippen molar-refractivity contribution in [1.29, 1.82) is 0 Å². The van der Waals surface area contributed by atoms with Gasteiger partial charge >= 0.3 is 11.9 Å². The highest BCUT2D eigenvalue weighted by Gasteiger charge is 2.55. The van der Waals surface area contributed by atoms with Crippen molar-refractivity contribution in [1.82, 2.24) is 0 Å². The van der Waals surface area contributed by atoms with E-state index in [0.717, 1.165) is 0 Å². The van der Waals surface area contributed by atoms with Gasteiger partial charge in [0.05, 0.1) is 18.5 Å². The molecule has 7 atom stereocenters. The van der Waals surface area contributed by atoms with E-state index in [0.29, 0.717) is 12.0 Å². The van der Waals surface area contributed by atoms with Crippen molar-refractivity contribution in [2.75, 3.05) is 19.7 Å². The fraction of sp³-hybridized carbons (Fsp3) is 0.778. The van der Waals surface area contributed by atoms with Crippen molar-refractivity contribution in [2.45, 2.75) is 62.3 Å². The van der Waals surface area contributed by atoms with Crippen LogP contribution in [0.4, 0.5) is 0 Å². The fourth-order valence-corrected chi connectivity index (χ4v) is 4.34. The van der Waals surface area contributed by atoms with Crippen LogP contribution in [0.1, 0.15) is 33.6 Å². The van der Waals surface area contributed by atoms with Crippen LogP contribution >= 0.6 is 11.6 Å². The number of hydrogen-bond acceptors (Lipinski definition) is 7. The molecule has 0 spiro atoms. The zero-order chi connectivity index (χ0) is 20.2. The molecular formula is C18H26ClNO7. The highest BCUT2D eigenvalue weighted by Crippen LogP contribution is 2.40. The Morgan fingerprint density at radius 3 is 2.67 bits per heavy atom. The second-order valence-electron chi connectivity index (χ2n) is 8.18. The average molecular weight is 404 g/mol. The number of rotatable bonds is 1. The van der Waals surface area contributed by atoms with E-state index in [1.807, 2.05) is 0 Å². The van der Waals surface area contributed by atoms with Crippen molar-refractivity contribution < 1.29 is 33.9 Å². The summed E-state index contributed by atoms with van der Waals surface area (Å²) in [5.41, 5.74) is -3.49. The Hall–Kier alpha value is -1.19. The third kappa shape index (κ3) is 3.27. The number of carbonyl (C=O) groups is 2. The first-order valence-corrected chi connectivity index (χ1v) is 9.59.